The highest BCUT2D eigenvalue weighted by molar-refractivity contribution is 5.95. The van der Waals surface area contributed by atoms with Crippen LogP contribution in [0.1, 0.15) is 12.0 Å². The summed E-state index contributed by atoms with van der Waals surface area (Å²) >= 11 is 0. The van der Waals surface area contributed by atoms with Crippen molar-refractivity contribution in [1.29, 1.82) is 0 Å². The zero-order valence-electron chi connectivity index (χ0n) is 9.58. The summed E-state index contributed by atoms with van der Waals surface area (Å²) in [5.41, 5.74) is 9.24. The second-order valence-corrected chi connectivity index (χ2v) is 4.13. The molecule has 0 N–H and O–H groups in total. The number of aromatic nitrogens is 1. The molecule has 6 heteroatoms. The lowest BCUT2D eigenvalue weighted by Gasteiger charge is -2.17. The molecule has 17 heavy (non-hydrogen) atoms. The van der Waals surface area contributed by atoms with Crippen LogP contribution in [-0.4, -0.2) is 24.0 Å². The van der Waals surface area contributed by atoms with Crippen LogP contribution in [0.3, 0.4) is 0 Å². The minimum absolute atomic E-state index is 0.0462. The summed E-state index contributed by atoms with van der Waals surface area (Å²) in [5, 5.41) is 3.52. The molecule has 88 valence electrons. The van der Waals surface area contributed by atoms with Gasteiger partial charge in [-0.25, -0.2) is 4.98 Å². The minimum atomic E-state index is 0.0462. The Morgan fingerprint density at radius 2 is 2.53 bits per heavy atom. The first-order chi connectivity index (χ1) is 8.22. The lowest BCUT2D eigenvalue weighted by molar-refractivity contribution is -0.117. The number of amides is 1. The van der Waals surface area contributed by atoms with Crippen LogP contribution in [-0.2, 0) is 4.79 Å². The Morgan fingerprint density at radius 3 is 3.24 bits per heavy atom. The Labute approximate surface area is 98.9 Å². The topological polar surface area (TPSA) is 82.0 Å². The molecule has 0 aromatic carbocycles. The van der Waals surface area contributed by atoms with Gasteiger partial charge in [0, 0.05) is 30.6 Å². The van der Waals surface area contributed by atoms with Crippen LogP contribution in [0.5, 0.6) is 0 Å². The third-order valence-electron chi connectivity index (χ3n) is 2.85. The van der Waals surface area contributed by atoms with Gasteiger partial charge in [-0.1, -0.05) is 11.2 Å². The predicted octanol–water partition coefficient (Wildman–Crippen LogP) is 2.05. The molecule has 0 radical (unpaired) electrons. The van der Waals surface area contributed by atoms with Gasteiger partial charge in [-0.2, -0.15) is 0 Å². The highest BCUT2D eigenvalue weighted by Crippen LogP contribution is 2.25. The van der Waals surface area contributed by atoms with Crippen molar-refractivity contribution in [2.24, 2.45) is 11.0 Å². The van der Waals surface area contributed by atoms with Crippen molar-refractivity contribution in [3.8, 4) is 0 Å². The zero-order chi connectivity index (χ0) is 12.3. The second-order valence-electron chi connectivity index (χ2n) is 4.13. The van der Waals surface area contributed by atoms with Gasteiger partial charge in [0.25, 0.3) is 0 Å². The third kappa shape index (κ3) is 2.37. The van der Waals surface area contributed by atoms with Gasteiger partial charge in [-0.15, -0.1) is 0 Å². The van der Waals surface area contributed by atoms with Gasteiger partial charge in [0.15, 0.2) is 0 Å². The van der Waals surface area contributed by atoms with E-state index in [4.69, 9.17) is 5.53 Å². The number of carbonyl (C=O) groups excluding carboxylic acids is 1. The van der Waals surface area contributed by atoms with E-state index in [0.717, 1.165) is 5.56 Å². The van der Waals surface area contributed by atoms with Crippen molar-refractivity contribution in [3.63, 3.8) is 0 Å². The standard InChI is InChI=1S/C11H13N5O/c1-8-3-2-4-13-11(8)16-7-9(5-10(16)17)6-14-15-12/h2-4,9H,5-7H2,1H3. The first-order valence-corrected chi connectivity index (χ1v) is 5.45. The fourth-order valence-electron chi connectivity index (χ4n) is 2.02. The monoisotopic (exact) mass is 231 g/mol. The van der Waals surface area contributed by atoms with Crippen LogP contribution < -0.4 is 4.90 Å². The van der Waals surface area contributed by atoms with E-state index in [1.807, 2.05) is 19.1 Å². The molecule has 0 aliphatic carbocycles. The molecule has 1 unspecified atom stereocenters. The first kappa shape index (κ1) is 11.4. The number of hydrogen-bond donors (Lipinski definition) is 0. The zero-order valence-corrected chi connectivity index (χ0v) is 9.58. The van der Waals surface area contributed by atoms with Crippen LogP contribution >= 0.6 is 0 Å². The van der Waals surface area contributed by atoms with E-state index >= 15 is 0 Å². The van der Waals surface area contributed by atoms with E-state index in [2.05, 4.69) is 15.0 Å². The SMILES string of the molecule is Cc1cccnc1N1CC(CN=[N+]=[N-])CC1=O. The fraction of sp³-hybridized carbons (Fsp3) is 0.455. The van der Waals surface area contributed by atoms with E-state index in [0.29, 0.717) is 25.3 Å². The quantitative estimate of drug-likeness (QED) is 0.453. The van der Waals surface area contributed by atoms with Crippen molar-refractivity contribution in [3.05, 3.63) is 34.3 Å². The molecule has 0 spiro atoms. The molecule has 1 aromatic heterocycles. The summed E-state index contributed by atoms with van der Waals surface area (Å²) in [7, 11) is 0. The molecule has 1 amide bonds. The highest BCUT2D eigenvalue weighted by Gasteiger charge is 2.31. The number of carbonyl (C=O) groups is 1. The van der Waals surface area contributed by atoms with Gasteiger partial charge < -0.3 is 0 Å². The number of pyridine rings is 1. The maximum Gasteiger partial charge on any atom is 0.228 e. The number of hydrogen-bond acceptors (Lipinski definition) is 3. The van der Waals surface area contributed by atoms with E-state index in [9.17, 15) is 4.79 Å². The summed E-state index contributed by atoms with van der Waals surface area (Å²) in [6, 6.07) is 3.77. The largest absolute Gasteiger partial charge is 0.296 e. The minimum Gasteiger partial charge on any atom is -0.296 e. The Kier molecular flexibility index (Phi) is 3.25. The van der Waals surface area contributed by atoms with Crippen molar-refractivity contribution in [1.82, 2.24) is 4.98 Å². The first-order valence-electron chi connectivity index (χ1n) is 5.45. The van der Waals surface area contributed by atoms with Gasteiger partial charge in [-0.05, 0) is 30.0 Å². The molecule has 2 heterocycles. The van der Waals surface area contributed by atoms with Crippen LogP contribution in [0.15, 0.2) is 23.4 Å². The highest BCUT2D eigenvalue weighted by atomic mass is 16.2. The molecule has 1 aliphatic heterocycles. The normalized spacial score (nSPS) is 19.2. The molecule has 1 aliphatic rings. The molecule has 0 saturated carbocycles. The molecule has 2 rings (SSSR count). The van der Waals surface area contributed by atoms with Crippen LogP contribution in [0.2, 0.25) is 0 Å². The number of azide groups is 1. The maximum absolute atomic E-state index is 11.9. The summed E-state index contributed by atoms with van der Waals surface area (Å²) in [6.07, 6.45) is 2.10. The molecule has 1 aromatic rings. The maximum atomic E-state index is 11.9. The van der Waals surface area contributed by atoms with Gasteiger partial charge in [0.1, 0.15) is 5.82 Å². The summed E-state index contributed by atoms with van der Waals surface area (Å²) < 4.78 is 0. The van der Waals surface area contributed by atoms with E-state index in [1.165, 1.54) is 0 Å². The van der Waals surface area contributed by atoms with Crippen molar-refractivity contribution in [2.75, 3.05) is 18.0 Å². The fourth-order valence-corrected chi connectivity index (χ4v) is 2.02. The van der Waals surface area contributed by atoms with Crippen LogP contribution in [0.4, 0.5) is 5.82 Å². The number of anilines is 1. The average molecular weight is 231 g/mol. The van der Waals surface area contributed by atoms with Gasteiger partial charge >= 0.3 is 0 Å². The van der Waals surface area contributed by atoms with Gasteiger partial charge in [-0.3, -0.25) is 9.69 Å². The Hall–Kier alpha value is -2.07. The smallest absolute Gasteiger partial charge is 0.228 e. The van der Waals surface area contributed by atoms with Crippen molar-refractivity contribution in [2.45, 2.75) is 13.3 Å². The van der Waals surface area contributed by atoms with Crippen LogP contribution in [0, 0.1) is 12.8 Å². The molecular weight excluding hydrogens is 218 g/mol. The lowest BCUT2D eigenvalue weighted by atomic mass is 10.1. The van der Waals surface area contributed by atoms with Crippen molar-refractivity contribution < 1.29 is 4.79 Å². The Morgan fingerprint density at radius 1 is 1.71 bits per heavy atom. The second kappa shape index (κ2) is 4.84. The Balaban J connectivity index is 2.16. The molecule has 1 fully saturated rings. The Bertz CT molecular complexity index is 481. The number of nitrogens with zero attached hydrogens (tertiary/aromatic N) is 5. The van der Waals surface area contributed by atoms with Crippen LogP contribution in [0.25, 0.3) is 10.4 Å². The predicted molar refractivity (Wildman–Crippen MR) is 63.4 cm³/mol. The lowest BCUT2D eigenvalue weighted by Crippen LogP contribution is -2.26. The molecule has 0 bridgehead atoms. The third-order valence-corrected chi connectivity index (χ3v) is 2.85. The van der Waals surface area contributed by atoms with E-state index < -0.39 is 0 Å². The number of rotatable bonds is 3. The summed E-state index contributed by atoms with van der Waals surface area (Å²) in [4.78, 5) is 20.5. The summed E-state index contributed by atoms with van der Waals surface area (Å²) in [6.45, 7) is 2.87. The van der Waals surface area contributed by atoms with Gasteiger partial charge in [0.05, 0.1) is 0 Å². The van der Waals surface area contributed by atoms with E-state index in [1.54, 1.807) is 11.1 Å². The number of aryl methyl sites for hydroxylation is 1. The van der Waals surface area contributed by atoms with Crippen molar-refractivity contribution >= 4 is 11.7 Å². The summed E-state index contributed by atoms with van der Waals surface area (Å²) in [5.74, 6) is 0.852. The molecule has 1 saturated heterocycles. The van der Waals surface area contributed by atoms with Gasteiger partial charge in [0.2, 0.25) is 5.91 Å². The molecular formula is C11H13N5O. The van der Waals surface area contributed by atoms with E-state index in [-0.39, 0.29) is 11.8 Å². The molecule has 6 nitrogen and oxygen atoms in total. The average Bonchev–Trinajstić information content (AvgIpc) is 2.68. The molecule has 1 atom stereocenters.